The lowest BCUT2D eigenvalue weighted by Gasteiger charge is -2.26. The van der Waals surface area contributed by atoms with Gasteiger partial charge >= 0.3 is 0 Å². The summed E-state index contributed by atoms with van der Waals surface area (Å²) in [6.07, 6.45) is 3.03. The molecule has 1 aromatic heterocycles. The number of hydrogen-bond donors (Lipinski definition) is 0. The van der Waals surface area contributed by atoms with Gasteiger partial charge in [0.2, 0.25) is 0 Å². The van der Waals surface area contributed by atoms with E-state index in [2.05, 4.69) is 55.1 Å². The molecule has 0 unspecified atom stereocenters. The smallest absolute Gasteiger partial charge is 0.136 e. The highest BCUT2D eigenvalue weighted by Gasteiger charge is 2.13. The Morgan fingerprint density at radius 2 is 1.76 bits per heavy atom. The SMILES string of the molecule is CCCN(CCN(C)C)c1ncc(CCl)c2ccccc12. The van der Waals surface area contributed by atoms with Crippen LogP contribution in [-0.2, 0) is 5.88 Å². The molecule has 0 aliphatic rings. The zero-order valence-corrected chi connectivity index (χ0v) is 13.9. The van der Waals surface area contributed by atoms with Crippen LogP contribution in [0.1, 0.15) is 18.9 Å². The van der Waals surface area contributed by atoms with Gasteiger partial charge in [-0.25, -0.2) is 4.98 Å². The summed E-state index contributed by atoms with van der Waals surface area (Å²) in [6.45, 7) is 5.23. The predicted octanol–water partition coefficient (Wildman–Crippen LogP) is 3.75. The standard InChI is InChI=1S/C17H24ClN3/c1-4-9-21(11-10-20(2)3)17-16-8-6-5-7-15(16)14(12-18)13-19-17/h5-8,13H,4,9-12H2,1-3H3. The minimum absolute atomic E-state index is 0.499. The van der Waals surface area contributed by atoms with Crippen LogP contribution in [0.25, 0.3) is 10.8 Å². The Kier molecular flexibility index (Phi) is 5.83. The lowest BCUT2D eigenvalue weighted by atomic mass is 10.1. The van der Waals surface area contributed by atoms with Gasteiger partial charge in [-0.15, -0.1) is 11.6 Å². The number of halogens is 1. The fourth-order valence-corrected chi connectivity index (χ4v) is 2.72. The summed E-state index contributed by atoms with van der Waals surface area (Å²) in [4.78, 5) is 9.28. The van der Waals surface area contributed by atoms with Crippen molar-refractivity contribution < 1.29 is 0 Å². The van der Waals surface area contributed by atoms with E-state index in [4.69, 9.17) is 16.6 Å². The number of anilines is 1. The molecule has 0 atom stereocenters. The zero-order chi connectivity index (χ0) is 15.2. The third kappa shape index (κ3) is 3.86. The first-order chi connectivity index (χ1) is 10.2. The third-order valence-electron chi connectivity index (χ3n) is 3.61. The molecule has 0 saturated carbocycles. The molecular formula is C17H24ClN3. The number of likely N-dealkylation sites (N-methyl/N-ethyl adjacent to an activating group) is 1. The van der Waals surface area contributed by atoms with Crippen molar-refractivity contribution in [1.82, 2.24) is 9.88 Å². The summed E-state index contributed by atoms with van der Waals surface area (Å²) in [7, 11) is 4.21. The van der Waals surface area contributed by atoms with Gasteiger partial charge in [-0.2, -0.15) is 0 Å². The van der Waals surface area contributed by atoms with Crippen LogP contribution < -0.4 is 4.90 Å². The molecule has 0 radical (unpaired) electrons. The Morgan fingerprint density at radius 1 is 1.05 bits per heavy atom. The second kappa shape index (κ2) is 7.62. The van der Waals surface area contributed by atoms with Crippen LogP contribution in [0, 0.1) is 0 Å². The first-order valence-electron chi connectivity index (χ1n) is 7.49. The van der Waals surface area contributed by atoms with Crippen molar-refractivity contribution in [3.8, 4) is 0 Å². The first kappa shape index (κ1) is 16.1. The van der Waals surface area contributed by atoms with Gasteiger partial charge in [0, 0.05) is 37.1 Å². The molecule has 1 aromatic carbocycles. The Labute approximate surface area is 132 Å². The van der Waals surface area contributed by atoms with Gasteiger partial charge in [-0.05, 0) is 31.5 Å². The van der Waals surface area contributed by atoms with Gasteiger partial charge in [0.15, 0.2) is 0 Å². The second-order valence-electron chi connectivity index (χ2n) is 5.58. The number of fused-ring (bicyclic) bond motifs is 1. The topological polar surface area (TPSA) is 19.4 Å². The van der Waals surface area contributed by atoms with Gasteiger partial charge in [0.1, 0.15) is 5.82 Å². The summed E-state index contributed by atoms with van der Waals surface area (Å²) < 4.78 is 0. The molecule has 0 saturated heterocycles. The van der Waals surface area contributed by atoms with Crippen molar-refractivity contribution in [2.75, 3.05) is 38.6 Å². The quantitative estimate of drug-likeness (QED) is 0.726. The average molecular weight is 306 g/mol. The molecule has 0 aliphatic carbocycles. The highest BCUT2D eigenvalue weighted by Crippen LogP contribution is 2.28. The molecule has 0 fully saturated rings. The molecule has 0 bridgehead atoms. The highest BCUT2D eigenvalue weighted by atomic mass is 35.5. The zero-order valence-electron chi connectivity index (χ0n) is 13.1. The van der Waals surface area contributed by atoms with Gasteiger partial charge in [0.25, 0.3) is 0 Å². The Bertz CT molecular complexity index is 583. The number of rotatable bonds is 7. The molecule has 4 heteroatoms. The molecule has 0 N–H and O–H groups in total. The number of benzene rings is 1. The maximum Gasteiger partial charge on any atom is 0.136 e. The number of hydrogen-bond acceptors (Lipinski definition) is 3. The van der Waals surface area contributed by atoms with Crippen molar-refractivity contribution in [3.63, 3.8) is 0 Å². The fraction of sp³-hybridized carbons (Fsp3) is 0.471. The summed E-state index contributed by atoms with van der Waals surface area (Å²) >= 11 is 6.04. The van der Waals surface area contributed by atoms with Crippen LogP contribution in [0.4, 0.5) is 5.82 Å². The number of aromatic nitrogens is 1. The third-order valence-corrected chi connectivity index (χ3v) is 3.90. The fourth-order valence-electron chi connectivity index (χ4n) is 2.51. The van der Waals surface area contributed by atoms with E-state index in [0.29, 0.717) is 5.88 Å². The molecular weight excluding hydrogens is 282 g/mol. The van der Waals surface area contributed by atoms with E-state index in [1.165, 1.54) is 10.8 Å². The molecule has 21 heavy (non-hydrogen) atoms. The first-order valence-corrected chi connectivity index (χ1v) is 8.03. The summed E-state index contributed by atoms with van der Waals surface area (Å²) in [5.74, 6) is 1.57. The van der Waals surface area contributed by atoms with Crippen LogP contribution in [0.2, 0.25) is 0 Å². The summed E-state index contributed by atoms with van der Waals surface area (Å²) in [6, 6.07) is 8.41. The lowest BCUT2D eigenvalue weighted by Crippen LogP contribution is -2.33. The van der Waals surface area contributed by atoms with Crippen LogP contribution in [0.3, 0.4) is 0 Å². The normalized spacial score (nSPS) is 11.3. The van der Waals surface area contributed by atoms with Gasteiger partial charge in [-0.1, -0.05) is 31.2 Å². The second-order valence-corrected chi connectivity index (χ2v) is 5.84. The Balaban J connectivity index is 2.42. The van der Waals surface area contributed by atoms with E-state index in [1.54, 1.807) is 0 Å². The van der Waals surface area contributed by atoms with E-state index in [-0.39, 0.29) is 0 Å². The number of pyridine rings is 1. The molecule has 2 rings (SSSR count). The molecule has 114 valence electrons. The van der Waals surface area contributed by atoms with Crippen molar-refractivity contribution in [2.45, 2.75) is 19.2 Å². The van der Waals surface area contributed by atoms with E-state index in [9.17, 15) is 0 Å². The summed E-state index contributed by atoms with van der Waals surface area (Å²) in [5.41, 5.74) is 1.10. The van der Waals surface area contributed by atoms with E-state index >= 15 is 0 Å². The van der Waals surface area contributed by atoms with Crippen molar-refractivity contribution >= 4 is 28.2 Å². The molecule has 0 aliphatic heterocycles. The van der Waals surface area contributed by atoms with Crippen molar-refractivity contribution in [3.05, 3.63) is 36.0 Å². The minimum atomic E-state index is 0.499. The van der Waals surface area contributed by atoms with E-state index < -0.39 is 0 Å². The van der Waals surface area contributed by atoms with Crippen LogP contribution >= 0.6 is 11.6 Å². The molecule has 1 heterocycles. The van der Waals surface area contributed by atoms with Crippen molar-refractivity contribution in [2.24, 2.45) is 0 Å². The van der Waals surface area contributed by atoms with Gasteiger partial charge in [0.05, 0.1) is 0 Å². The van der Waals surface area contributed by atoms with E-state index in [1.807, 2.05) is 6.20 Å². The van der Waals surface area contributed by atoms with E-state index in [0.717, 1.165) is 37.4 Å². The van der Waals surface area contributed by atoms with Gasteiger partial charge in [-0.3, -0.25) is 0 Å². The lowest BCUT2D eigenvalue weighted by molar-refractivity contribution is 0.412. The largest absolute Gasteiger partial charge is 0.355 e. The van der Waals surface area contributed by atoms with Crippen LogP contribution in [0.5, 0.6) is 0 Å². The van der Waals surface area contributed by atoms with Crippen molar-refractivity contribution in [1.29, 1.82) is 0 Å². The maximum absolute atomic E-state index is 6.04. The molecule has 2 aromatic rings. The molecule has 3 nitrogen and oxygen atoms in total. The minimum Gasteiger partial charge on any atom is -0.355 e. The average Bonchev–Trinajstić information content (AvgIpc) is 2.50. The summed E-state index contributed by atoms with van der Waals surface area (Å²) in [5, 5.41) is 2.41. The molecule has 0 spiro atoms. The van der Waals surface area contributed by atoms with Gasteiger partial charge < -0.3 is 9.80 Å². The van der Waals surface area contributed by atoms with Crippen LogP contribution in [-0.4, -0.2) is 43.6 Å². The number of alkyl halides is 1. The number of nitrogens with zero attached hydrogens (tertiary/aromatic N) is 3. The predicted molar refractivity (Wildman–Crippen MR) is 92.4 cm³/mol. The molecule has 0 amide bonds. The Morgan fingerprint density at radius 3 is 2.38 bits per heavy atom. The van der Waals surface area contributed by atoms with Crippen LogP contribution in [0.15, 0.2) is 30.5 Å². The Hall–Kier alpha value is -1.32. The highest BCUT2D eigenvalue weighted by molar-refractivity contribution is 6.18. The maximum atomic E-state index is 6.04. The monoisotopic (exact) mass is 305 g/mol.